The van der Waals surface area contributed by atoms with Crippen LogP contribution in [0, 0.1) is 0 Å². The molecule has 0 saturated carbocycles. The molecule has 0 radical (unpaired) electrons. The Morgan fingerprint density at radius 2 is 1.40 bits per heavy atom. The van der Waals surface area contributed by atoms with Crippen LogP contribution < -0.4 is 10.1 Å². The van der Waals surface area contributed by atoms with Gasteiger partial charge in [-0.2, -0.15) is 0 Å². The maximum absolute atomic E-state index is 13.2. The summed E-state index contributed by atoms with van der Waals surface area (Å²) in [7, 11) is 0. The topological polar surface area (TPSA) is 90.9 Å². The number of unbranched alkanes of at least 4 members (excludes halogenated alkanes) is 1. The lowest BCUT2D eigenvalue weighted by Crippen LogP contribution is -2.44. The normalized spacial score (nSPS) is 12.5. The van der Waals surface area contributed by atoms with Gasteiger partial charge in [-0.1, -0.05) is 104 Å². The summed E-state index contributed by atoms with van der Waals surface area (Å²) in [6, 6.07) is 31.0. The highest BCUT2D eigenvalue weighted by atomic mass is 16.6. The highest BCUT2D eigenvalue weighted by Gasteiger charge is 2.30. The third-order valence-corrected chi connectivity index (χ3v) is 7.49. The first-order valence-electron chi connectivity index (χ1n) is 14.6. The number of hydrogen-bond donors (Lipinski definition) is 1. The average molecular weight is 578 g/mol. The van der Waals surface area contributed by atoms with E-state index in [0.717, 1.165) is 46.4 Å². The number of carbonyl (C=O) groups excluding carboxylic acids is 3. The van der Waals surface area contributed by atoms with Crippen LogP contribution in [-0.4, -0.2) is 43.7 Å². The third-order valence-electron chi connectivity index (χ3n) is 7.49. The van der Waals surface area contributed by atoms with Crippen LogP contribution in [0.3, 0.4) is 0 Å². The van der Waals surface area contributed by atoms with Gasteiger partial charge in [0, 0.05) is 17.9 Å². The molecule has 0 aromatic heterocycles. The summed E-state index contributed by atoms with van der Waals surface area (Å²) in [5.74, 6) is -0.440. The Labute approximate surface area is 251 Å². The molecule has 7 heteroatoms. The van der Waals surface area contributed by atoms with E-state index in [1.165, 1.54) is 0 Å². The van der Waals surface area contributed by atoms with Crippen molar-refractivity contribution in [3.63, 3.8) is 0 Å². The summed E-state index contributed by atoms with van der Waals surface area (Å²) in [6.07, 6.45) is 1.41. The first-order valence-corrected chi connectivity index (χ1v) is 14.6. The quantitative estimate of drug-likeness (QED) is 0.108. The second-order valence-electron chi connectivity index (χ2n) is 10.5. The minimum Gasteiger partial charge on any atom is -0.494 e. The number of Topliss-reactive ketones (excluding diaryl/α,β-unsaturated/α-hetero) is 1. The molecule has 1 amide bonds. The number of ether oxygens (including phenoxy) is 3. The molecule has 0 fully saturated rings. The summed E-state index contributed by atoms with van der Waals surface area (Å²) in [5.41, 5.74) is 5.66. The number of esters is 1. The van der Waals surface area contributed by atoms with Crippen LogP contribution >= 0.6 is 0 Å². The average Bonchev–Trinajstić information content (AvgIpc) is 3.37. The van der Waals surface area contributed by atoms with Gasteiger partial charge in [-0.05, 0) is 46.4 Å². The van der Waals surface area contributed by atoms with Crippen LogP contribution in [0.4, 0.5) is 4.79 Å². The minimum atomic E-state index is -1.06. The largest absolute Gasteiger partial charge is 0.494 e. The maximum Gasteiger partial charge on any atom is 0.407 e. The Kier molecular flexibility index (Phi) is 9.85. The molecule has 4 aromatic carbocycles. The molecule has 0 saturated heterocycles. The Morgan fingerprint density at radius 3 is 2.05 bits per heavy atom. The summed E-state index contributed by atoms with van der Waals surface area (Å²) in [6.45, 7) is 2.40. The zero-order valence-corrected chi connectivity index (χ0v) is 24.2. The van der Waals surface area contributed by atoms with Gasteiger partial charge >= 0.3 is 12.1 Å². The number of hydrogen-bond acceptors (Lipinski definition) is 6. The van der Waals surface area contributed by atoms with E-state index < -0.39 is 24.7 Å². The molecule has 220 valence electrons. The lowest BCUT2D eigenvalue weighted by molar-refractivity contribution is -0.144. The van der Waals surface area contributed by atoms with E-state index in [9.17, 15) is 14.4 Å². The van der Waals surface area contributed by atoms with E-state index in [1.54, 1.807) is 30.3 Å². The van der Waals surface area contributed by atoms with Crippen molar-refractivity contribution in [2.24, 2.45) is 0 Å². The van der Waals surface area contributed by atoms with Gasteiger partial charge in [-0.25, -0.2) is 9.59 Å². The molecule has 1 aliphatic rings. The zero-order chi connectivity index (χ0) is 30.0. The molecular formula is C36H35NO6. The fraction of sp³-hybridized carbons (Fsp3) is 0.250. The van der Waals surface area contributed by atoms with Crippen molar-refractivity contribution < 1.29 is 28.6 Å². The number of fused-ring (bicyclic) bond motifs is 3. The SMILES string of the molecule is CCCCOc1ccc(C[C@H](NC(=O)OCC2c3ccccc3-c3ccccc32)C(=O)OCC(=O)c2ccccc2)cc1. The third kappa shape index (κ3) is 7.49. The Bertz CT molecular complexity index is 1500. The van der Waals surface area contributed by atoms with Crippen molar-refractivity contribution in [3.05, 3.63) is 125 Å². The summed E-state index contributed by atoms with van der Waals surface area (Å²) >= 11 is 0. The molecule has 1 N–H and O–H groups in total. The first kappa shape index (κ1) is 29.6. The first-order chi connectivity index (χ1) is 21.0. The van der Waals surface area contributed by atoms with Crippen molar-refractivity contribution in [1.82, 2.24) is 5.32 Å². The number of amides is 1. The van der Waals surface area contributed by atoms with Gasteiger partial charge < -0.3 is 19.5 Å². The van der Waals surface area contributed by atoms with Crippen LogP contribution in [0.2, 0.25) is 0 Å². The van der Waals surface area contributed by atoms with Crippen LogP contribution in [0.15, 0.2) is 103 Å². The predicted molar refractivity (Wildman–Crippen MR) is 164 cm³/mol. The van der Waals surface area contributed by atoms with Crippen LogP contribution in [0.25, 0.3) is 11.1 Å². The number of ketones is 1. The lowest BCUT2D eigenvalue weighted by atomic mass is 9.98. The molecule has 7 nitrogen and oxygen atoms in total. The molecule has 5 rings (SSSR count). The molecular weight excluding hydrogens is 542 g/mol. The predicted octanol–water partition coefficient (Wildman–Crippen LogP) is 6.74. The van der Waals surface area contributed by atoms with Crippen LogP contribution in [-0.2, 0) is 20.7 Å². The maximum atomic E-state index is 13.2. The van der Waals surface area contributed by atoms with Gasteiger partial charge in [-0.15, -0.1) is 0 Å². The molecule has 0 bridgehead atoms. The number of rotatable bonds is 13. The van der Waals surface area contributed by atoms with E-state index in [4.69, 9.17) is 14.2 Å². The Hall–Kier alpha value is -4.91. The van der Waals surface area contributed by atoms with Crippen molar-refractivity contribution in [2.45, 2.75) is 38.1 Å². The second kappa shape index (κ2) is 14.3. The molecule has 0 spiro atoms. The molecule has 0 heterocycles. The fourth-order valence-corrected chi connectivity index (χ4v) is 5.21. The van der Waals surface area contributed by atoms with E-state index in [1.807, 2.05) is 60.7 Å². The van der Waals surface area contributed by atoms with Gasteiger partial charge in [0.05, 0.1) is 6.61 Å². The number of nitrogens with one attached hydrogen (secondary N) is 1. The van der Waals surface area contributed by atoms with Crippen molar-refractivity contribution in [3.8, 4) is 16.9 Å². The van der Waals surface area contributed by atoms with Crippen LogP contribution in [0.5, 0.6) is 5.75 Å². The number of carbonyl (C=O) groups is 3. The smallest absolute Gasteiger partial charge is 0.407 e. The fourth-order valence-electron chi connectivity index (χ4n) is 5.21. The van der Waals surface area contributed by atoms with Gasteiger partial charge in [0.15, 0.2) is 12.4 Å². The molecule has 1 atom stereocenters. The monoisotopic (exact) mass is 577 g/mol. The van der Waals surface area contributed by atoms with Gasteiger partial charge in [-0.3, -0.25) is 4.79 Å². The summed E-state index contributed by atoms with van der Waals surface area (Å²) in [5, 5.41) is 2.68. The van der Waals surface area contributed by atoms with Crippen molar-refractivity contribution in [2.75, 3.05) is 19.8 Å². The molecule has 1 aliphatic carbocycles. The Morgan fingerprint density at radius 1 is 0.767 bits per heavy atom. The van der Waals surface area contributed by atoms with Gasteiger partial charge in [0.25, 0.3) is 0 Å². The van der Waals surface area contributed by atoms with Crippen molar-refractivity contribution >= 4 is 17.8 Å². The zero-order valence-electron chi connectivity index (χ0n) is 24.2. The summed E-state index contributed by atoms with van der Waals surface area (Å²) in [4.78, 5) is 38.8. The van der Waals surface area contributed by atoms with Gasteiger partial charge in [0.2, 0.25) is 0 Å². The van der Waals surface area contributed by atoms with E-state index in [2.05, 4.69) is 24.4 Å². The lowest BCUT2D eigenvalue weighted by Gasteiger charge is -2.19. The van der Waals surface area contributed by atoms with Crippen LogP contribution in [0.1, 0.15) is 52.7 Å². The van der Waals surface area contributed by atoms with E-state index in [0.29, 0.717) is 12.2 Å². The van der Waals surface area contributed by atoms with E-state index >= 15 is 0 Å². The standard InChI is InChI=1S/C36H35NO6/c1-2-3-21-41-27-19-17-25(18-20-27)22-33(35(39)42-24-34(38)26-11-5-4-6-12-26)37-36(40)43-23-32-30-15-9-7-13-28(30)29-14-8-10-16-31(29)32/h4-20,32-33H,2-3,21-24H2,1H3,(H,37,40)/t33-/m0/s1. The Balaban J connectivity index is 1.25. The number of alkyl carbamates (subject to hydrolysis) is 1. The number of benzene rings is 4. The molecule has 0 unspecified atom stereocenters. The highest BCUT2D eigenvalue weighted by Crippen LogP contribution is 2.44. The van der Waals surface area contributed by atoms with Crippen molar-refractivity contribution in [1.29, 1.82) is 0 Å². The van der Waals surface area contributed by atoms with Gasteiger partial charge in [0.1, 0.15) is 18.4 Å². The summed E-state index contributed by atoms with van der Waals surface area (Å²) < 4.78 is 16.8. The second-order valence-corrected chi connectivity index (χ2v) is 10.5. The minimum absolute atomic E-state index is 0.109. The molecule has 4 aromatic rings. The molecule has 0 aliphatic heterocycles. The highest BCUT2D eigenvalue weighted by molar-refractivity contribution is 5.98. The van der Waals surface area contributed by atoms with E-state index in [-0.39, 0.29) is 24.7 Å². The molecule has 43 heavy (non-hydrogen) atoms.